The maximum absolute atomic E-state index is 12.0. The molecule has 1 amide bonds. The van der Waals surface area contributed by atoms with E-state index in [0.29, 0.717) is 32.7 Å². The highest BCUT2D eigenvalue weighted by Gasteiger charge is 2.32. The molecule has 2 unspecified atom stereocenters. The van der Waals surface area contributed by atoms with Gasteiger partial charge in [0.2, 0.25) is 5.91 Å². The molecule has 2 N–H and O–H groups in total. The number of carbonyl (C=O) groups is 2. The van der Waals surface area contributed by atoms with E-state index < -0.39 is 12.0 Å². The van der Waals surface area contributed by atoms with Crippen LogP contribution < -0.4 is 5.32 Å². The molecule has 0 radical (unpaired) electrons. The first-order valence-electron chi connectivity index (χ1n) is 5.78. The summed E-state index contributed by atoms with van der Waals surface area (Å²) in [4.78, 5) is 24.4. The predicted octanol–water partition coefficient (Wildman–Crippen LogP) is -0.456. The fourth-order valence-electron chi connectivity index (χ4n) is 1.98. The number of piperazine rings is 1. The standard InChI is InChI=1S/C11H20N2O4/c1-8(7-17-2)5-10(14)13-4-3-12-6-9(13)11(15)16/h8-9,12H,3-7H2,1-2H3,(H,15,16). The van der Waals surface area contributed by atoms with Gasteiger partial charge in [0.25, 0.3) is 0 Å². The van der Waals surface area contributed by atoms with Crippen molar-refractivity contribution in [3.8, 4) is 0 Å². The molecule has 2 atom stereocenters. The number of nitrogens with zero attached hydrogens (tertiary/aromatic N) is 1. The van der Waals surface area contributed by atoms with Gasteiger partial charge < -0.3 is 20.1 Å². The van der Waals surface area contributed by atoms with Gasteiger partial charge in [-0.15, -0.1) is 0 Å². The van der Waals surface area contributed by atoms with Crippen LogP contribution in [0.2, 0.25) is 0 Å². The first-order valence-corrected chi connectivity index (χ1v) is 5.78. The summed E-state index contributed by atoms with van der Waals surface area (Å²) in [5.74, 6) is -0.953. The molecule has 1 aliphatic rings. The molecule has 0 aromatic carbocycles. The lowest BCUT2D eigenvalue weighted by molar-refractivity contribution is -0.151. The molecule has 0 bridgehead atoms. The van der Waals surface area contributed by atoms with Crippen molar-refractivity contribution >= 4 is 11.9 Å². The Morgan fingerprint density at radius 2 is 2.29 bits per heavy atom. The number of nitrogens with one attached hydrogen (secondary N) is 1. The van der Waals surface area contributed by atoms with Gasteiger partial charge >= 0.3 is 5.97 Å². The first kappa shape index (κ1) is 13.9. The first-order chi connectivity index (χ1) is 8.06. The van der Waals surface area contributed by atoms with E-state index in [1.165, 1.54) is 4.90 Å². The van der Waals surface area contributed by atoms with E-state index in [-0.39, 0.29) is 11.8 Å². The Morgan fingerprint density at radius 3 is 2.88 bits per heavy atom. The van der Waals surface area contributed by atoms with Crippen LogP contribution in [0.1, 0.15) is 13.3 Å². The summed E-state index contributed by atoms with van der Waals surface area (Å²) in [5, 5.41) is 12.0. The Hall–Kier alpha value is -1.14. The maximum Gasteiger partial charge on any atom is 0.327 e. The van der Waals surface area contributed by atoms with Crippen LogP contribution in [0, 0.1) is 5.92 Å². The average molecular weight is 244 g/mol. The van der Waals surface area contributed by atoms with Gasteiger partial charge in [0.1, 0.15) is 6.04 Å². The second-order valence-corrected chi connectivity index (χ2v) is 4.41. The van der Waals surface area contributed by atoms with Crippen molar-refractivity contribution in [3.05, 3.63) is 0 Å². The lowest BCUT2D eigenvalue weighted by Gasteiger charge is -2.34. The van der Waals surface area contributed by atoms with Crippen LogP contribution in [0.4, 0.5) is 0 Å². The van der Waals surface area contributed by atoms with Gasteiger partial charge in [-0.2, -0.15) is 0 Å². The van der Waals surface area contributed by atoms with E-state index in [2.05, 4.69) is 5.32 Å². The van der Waals surface area contributed by atoms with Crippen molar-refractivity contribution in [1.82, 2.24) is 10.2 Å². The summed E-state index contributed by atoms with van der Waals surface area (Å²) < 4.78 is 4.97. The molecule has 0 aliphatic carbocycles. The number of carboxylic acids is 1. The highest BCUT2D eigenvalue weighted by Crippen LogP contribution is 2.11. The van der Waals surface area contributed by atoms with E-state index in [4.69, 9.17) is 9.84 Å². The van der Waals surface area contributed by atoms with Crippen molar-refractivity contribution in [2.75, 3.05) is 33.4 Å². The second-order valence-electron chi connectivity index (χ2n) is 4.41. The second kappa shape index (κ2) is 6.56. The van der Waals surface area contributed by atoms with Gasteiger partial charge in [0.15, 0.2) is 0 Å². The lowest BCUT2D eigenvalue weighted by atomic mass is 10.1. The Bertz CT molecular complexity index is 283. The third-order valence-electron chi connectivity index (χ3n) is 2.82. The number of methoxy groups -OCH3 is 1. The molecular weight excluding hydrogens is 224 g/mol. The van der Waals surface area contributed by atoms with Crippen LogP contribution in [0.25, 0.3) is 0 Å². The zero-order valence-electron chi connectivity index (χ0n) is 10.3. The maximum atomic E-state index is 12.0. The number of ether oxygens (including phenoxy) is 1. The molecule has 17 heavy (non-hydrogen) atoms. The smallest absolute Gasteiger partial charge is 0.327 e. The summed E-state index contributed by atoms with van der Waals surface area (Å²) in [5.41, 5.74) is 0. The lowest BCUT2D eigenvalue weighted by Crippen LogP contribution is -2.57. The third kappa shape index (κ3) is 3.98. The highest BCUT2D eigenvalue weighted by atomic mass is 16.5. The SMILES string of the molecule is COCC(C)CC(=O)N1CCNCC1C(=O)O. The van der Waals surface area contributed by atoms with E-state index >= 15 is 0 Å². The Balaban J connectivity index is 2.56. The zero-order chi connectivity index (χ0) is 12.8. The highest BCUT2D eigenvalue weighted by molar-refractivity contribution is 5.84. The predicted molar refractivity (Wildman–Crippen MR) is 61.7 cm³/mol. The van der Waals surface area contributed by atoms with Gasteiger partial charge in [-0.1, -0.05) is 6.92 Å². The Kier molecular flexibility index (Phi) is 5.37. The summed E-state index contributed by atoms with van der Waals surface area (Å²) in [6.45, 7) is 3.85. The molecule has 0 aromatic rings. The monoisotopic (exact) mass is 244 g/mol. The third-order valence-corrected chi connectivity index (χ3v) is 2.82. The normalized spacial score (nSPS) is 22.2. The molecule has 6 nitrogen and oxygen atoms in total. The summed E-state index contributed by atoms with van der Waals surface area (Å²) in [7, 11) is 1.59. The van der Waals surface area contributed by atoms with Gasteiger partial charge in [0.05, 0.1) is 0 Å². The van der Waals surface area contributed by atoms with Gasteiger partial charge in [0, 0.05) is 39.8 Å². The van der Waals surface area contributed by atoms with Crippen LogP contribution in [-0.2, 0) is 14.3 Å². The number of hydrogen-bond donors (Lipinski definition) is 2. The number of carboxylic acid groups (broad SMARTS) is 1. The Morgan fingerprint density at radius 1 is 1.59 bits per heavy atom. The molecule has 1 heterocycles. The van der Waals surface area contributed by atoms with Crippen LogP contribution in [0.3, 0.4) is 0 Å². The molecule has 1 saturated heterocycles. The van der Waals surface area contributed by atoms with Crippen LogP contribution >= 0.6 is 0 Å². The summed E-state index contributed by atoms with van der Waals surface area (Å²) >= 11 is 0. The fourth-order valence-corrected chi connectivity index (χ4v) is 1.98. The van der Waals surface area contributed by atoms with Gasteiger partial charge in [-0.05, 0) is 5.92 Å². The van der Waals surface area contributed by atoms with Gasteiger partial charge in [-0.25, -0.2) is 4.79 Å². The van der Waals surface area contributed by atoms with E-state index in [9.17, 15) is 9.59 Å². The van der Waals surface area contributed by atoms with Crippen LogP contribution in [0.15, 0.2) is 0 Å². The molecule has 0 aromatic heterocycles. The van der Waals surface area contributed by atoms with Crippen molar-refractivity contribution in [3.63, 3.8) is 0 Å². The molecule has 1 aliphatic heterocycles. The molecule has 0 spiro atoms. The van der Waals surface area contributed by atoms with Crippen LogP contribution in [0.5, 0.6) is 0 Å². The van der Waals surface area contributed by atoms with Crippen molar-refractivity contribution in [1.29, 1.82) is 0 Å². The Labute approximate surface area is 101 Å². The molecule has 0 saturated carbocycles. The number of hydrogen-bond acceptors (Lipinski definition) is 4. The van der Waals surface area contributed by atoms with Crippen molar-refractivity contribution < 1.29 is 19.4 Å². The quantitative estimate of drug-likeness (QED) is 0.684. The number of rotatable bonds is 5. The van der Waals surface area contributed by atoms with E-state index in [1.54, 1.807) is 7.11 Å². The minimum Gasteiger partial charge on any atom is -0.480 e. The van der Waals surface area contributed by atoms with Crippen LogP contribution in [-0.4, -0.2) is 61.3 Å². The molecule has 98 valence electrons. The number of amides is 1. The van der Waals surface area contributed by atoms with Crippen molar-refractivity contribution in [2.24, 2.45) is 5.92 Å². The minimum absolute atomic E-state index is 0.108. The van der Waals surface area contributed by atoms with E-state index in [0.717, 1.165) is 0 Å². The minimum atomic E-state index is -0.954. The molecule has 1 rings (SSSR count). The molecule has 1 fully saturated rings. The number of carbonyl (C=O) groups excluding carboxylic acids is 1. The largest absolute Gasteiger partial charge is 0.480 e. The van der Waals surface area contributed by atoms with Crippen molar-refractivity contribution in [2.45, 2.75) is 19.4 Å². The molecular formula is C11H20N2O4. The molecule has 6 heteroatoms. The topological polar surface area (TPSA) is 78.9 Å². The average Bonchev–Trinajstić information content (AvgIpc) is 2.29. The fraction of sp³-hybridized carbons (Fsp3) is 0.818. The zero-order valence-corrected chi connectivity index (χ0v) is 10.3. The van der Waals surface area contributed by atoms with Gasteiger partial charge in [-0.3, -0.25) is 4.79 Å². The summed E-state index contributed by atoms with van der Waals surface area (Å²) in [6.07, 6.45) is 0.331. The summed E-state index contributed by atoms with van der Waals surface area (Å²) in [6, 6.07) is -0.744. The number of aliphatic carboxylic acids is 1. The van der Waals surface area contributed by atoms with E-state index in [1.807, 2.05) is 6.92 Å².